The minimum absolute atomic E-state index is 0.00484. The van der Waals surface area contributed by atoms with Gasteiger partial charge >= 0.3 is 0 Å². The fourth-order valence-electron chi connectivity index (χ4n) is 2.20. The molecule has 1 amide bonds. The van der Waals surface area contributed by atoms with Crippen LogP contribution in [0.15, 0.2) is 48.7 Å². The number of benzene rings is 1. The Morgan fingerprint density at radius 2 is 2.10 bits per heavy atom. The number of carbonyl (C=O) groups excluding carboxylic acids is 1. The minimum Gasteiger partial charge on any atom is -0.497 e. The standard InChI is InChI=1S/C16H16N2O3/c1-20-13-6-4-5-12(9-13)16(19)18-10-14(11-18)21-15-7-2-3-8-17-15/h2-9,14H,10-11H2,1H3. The van der Waals surface area contributed by atoms with Gasteiger partial charge in [-0.25, -0.2) is 4.98 Å². The maximum Gasteiger partial charge on any atom is 0.254 e. The SMILES string of the molecule is COc1cccc(C(=O)N2CC(Oc3ccccn3)C2)c1. The van der Waals surface area contributed by atoms with Crippen LogP contribution in [0, 0.1) is 0 Å². The van der Waals surface area contributed by atoms with E-state index in [0.29, 0.717) is 30.3 Å². The lowest BCUT2D eigenvalue weighted by Crippen LogP contribution is -2.56. The Morgan fingerprint density at radius 3 is 2.81 bits per heavy atom. The molecule has 5 nitrogen and oxygen atoms in total. The molecule has 108 valence electrons. The van der Waals surface area contributed by atoms with Crippen molar-refractivity contribution in [2.45, 2.75) is 6.10 Å². The van der Waals surface area contributed by atoms with Gasteiger partial charge in [0, 0.05) is 17.8 Å². The molecule has 2 aromatic rings. The molecule has 3 rings (SSSR count). The fraction of sp³-hybridized carbons (Fsp3) is 0.250. The average Bonchev–Trinajstić information content (AvgIpc) is 2.51. The van der Waals surface area contributed by atoms with Crippen molar-refractivity contribution in [1.82, 2.24) is 9.88 Å². The van der Waals surface area contributed by atoms with Crippen LogP contribution >= 0.6 is 0 Å². The summed E-state index contributed by atoms with van der Waals surface area (Å²) in [7, 11) is 1.59. The number of pyridine rings is 1. The number of hydrogen-bond acceptors (Lipinski definition) is 4. The van der Waals surface area contributed by atoms with E-state index >= 15 is 0 Å². The third kappa shape index (κ3) is 2.97. The maximum absolute atomic E-state index is 12.3. The molecule has 0 atom stereocenters. The molecule has 1 aliphatic rings. The van der Waals surface area contributed by atoms with Gasteiger partial charge in [0.25, 0.3) is 5.91 Å². The molecule has 0 radical (unpaired) electrons. The minimum atomic E-state index is -0.00484. The molecule has 0 spiro atoms. The molecule has 21 heavy (non-hydrogen) atoms. The summed E-state index contributed by atoms with van der Waals surface area (Å²) in [5.74, 6) is 1.27. The van der Waals surface area contributed by atoms with Gasteiger partial charge in [-0.3, -0.25) is 4.79 Å². The number of hydrogen-bond donors (Lipinski definition) is 0. The topological polar surface area (TPSA) is 51.7 Å². The molecule has 1 saturated heterocycles. The predicted octanol–water partition coefficient (Wildman–Crippen LogP) is 1.99. The molecule has 1 aromatic heterocycles. The van der Waals surface area contributed by atoms with Crippen LogP contribution in [0.2, 0.25) is 0 Å². The van der Waals surface area contributed by atoms with E-state index in [4.69, 9.17) is 9.47 Å². The van der Waals surface area contributed by atoms with E-state index < -0.39 is 0 Å². The maximum atomic E-state index is 12.3. The van der Waals surface area contributed by atoms with Crippen molar-refractivity contribution >= 4 is 5.91 Å². The lowest BCUT2D eigenvalue weighted by molar-refractivity contribution is 0.0160. The Balaban J connectivity index is 1.57. The fourth-order valence-corrected chi connectivity index (χ4v) is 2.20. The highest BCUT2D eigenvalue weighted by molar-refractivity contribution is 5.95. The van der Waals surface area contributed by atoms with Crippen LogP contribution in [0.4, 0.5) is 0 Å². The monoisotopic (exact) mass is 284 g/mol. The summed E-state index contributed by atoms with van der Waals surface area (Å²) in [6.07, 6.45) is 1.70. The summed E-state index contributed by atoms with van der Waals surface area (Å²) in [4.78, 5) is 18.2. The van der Waals surface area contributed by atoms with Crippen LogP contribution in [0.3, 0.4) is 0 Å². The van der Waals surface area contributed by atoms with Crippen molar-refractivity contribution < 1.29 is 14.3 Å². The number of methoxy groups -OCH3 is 1. The van der Waals surface area contributed by atoms with Crippen LogP contribution in [0.25, 0.3) is 0 Å². The van der Waals surface area contributed by atoms with E-state index in [0.717, 1.165) is 0 Å². The number of rotatable bonds is 4. The number of likely N-dealkylation sites (tertiary alicyclic amines) is 1. The summed E-state index contributed by atoms with van der Waals surface area (Å²) in [5.41, 5.74) is 0.630. The van der Waals surface area contributed by atoms with E-state index in [1.54, 1.807) is 30.3 Å². The van der Waals surface area contributed by atoms with Gasteiger partial charge < -0.3 is 14.4 Å². The van der Waals surface area contributed by atoms with Crippen molar-refractivity contribution in [3.63, 3.8) is 0 Å². The van der Waals surface area contributed by atoms with Crippen molar-refractivity contribution in [3.8, 4) is 11.6 Å². The highest BCUT2D eigenvalue weighted by atomic mass is 16.5. The van der Waals surface area contributed by atoms with Crippen molar-refractivity contribution in [1.29, 1.82) is 0 Å². The summed E-state index contributed by atoms with van der Waals surface area (Å²) < 4.78 is 10.8. The second-order valence-electron chi connectivity index (χ2n) is 4.85. The third-order valence-corrected chi connectivity index (χ3v) is 3.38. The molecule has 0 bridgehead atoms. The van der Waals surface area contributed by atoms with E-state index in [1.807, 2.05) is 30.3 Å². The van der Waals surface area contributed by atoms with E-state index in [9.17, 15) is 4.79 Å². The Bertz CT molecular complexity index is 624. The first-order chi connectivity index (χ1) is 10.3. The molecule has 1 aliphatic heterocycles. The molecule has 0 aliphatic carbocycles. The zero-order valence-electron chi connectivity index (χ0n) is 11.7. The van der Waals surface area contributed by atoms with Gasteiger partial charge in [0.2, 0.25) is 5.88 Å². The van der Waals surface area contributed by atoms with Crippen LogP contribution in [0.5, 0.6) is 11.6 Å². The number of aromatic nitrogens is 1. The van der Waals surface area contributed by atoms with Gasteiger partial charge in [-0.1, -0.05) is 12.1 Å². The molecule has 5 heteroatoms. The average molecular weight is 284 g/mol. The van der Waals surface area contributed by atoms with Gasteiger partial charge in [0.15, 0.2) is 0 Å². The molecule has 0 N–H and O–H groups in total. The molecular weight excluding hydrogens is 268 g/mol. The summed E-state index contributed by atoms with van der Waals surface area (Å²) in [6, 6.07) is 12.7. The molecule has 0 unspecified atom stereocenters. The normalized spacial score (nSPS) is 14.4. The molecule has 2 heterocycles. The lowest BCUT2D eigenvalue weighted by Gasteiger charge is -2.38. The molecular formula is C16H16N2O3. The molecule has 1 aromatic carbocycles. The summed E-state index contributed by atoms with van der Waals surface area (Å²) in [5, 5.41) is 0. The van der Waals surface area contributed by atoms with Crippen molar-refractivity contribution in [2.24, 2.45) is 0 Å². The number of amides is 1. The van der Waals surface area contributed by atoms with E-state index in [-0.39, 0.29) is 12.0 Å². The highest BCUT2D eigenvalue weighted by Gasteiger charge is 2.33. The zero-order chi connectivity index (χ0) is 14.7. The first kappa shape index (κ1) is 13.4. The van der Waals surface area contributed by atoms with Gasteiger partial charge in [0.05, 0.1) is 20.2 Å². The smallest absolute Gasteiger partial charge is 0.254 e. The second kappa shape index (κ2) is 5.83. The van der Waals surface area contributed by atoms with Crippen molar-refractivity contribution in [3.05, 3.63) is 54.2 Å². The molecule has 0 saturated carbocycles. The van der Waals surface area contributed by atoms with Gasteiger partial charge in [-0.05, 0) is 24.3 Å². The number of carbonyl (C=O) groups is 1. The van der Waals surface area contributed by atoms with Crippen LogP contribution in [0.1, 0.15) is 10.4 Å². The highest BCUT2D eigenvalue weighted by Crippen LogP contribution is 2.20. The predicted molar refractivity (Wildman–Crippen MR) is 77.6 cm³/mol. The Labute approximate surface area is 123 Å². The second-order valence-corrected chi connectivity index (χ2v) is 4.85. The molecule has 1 fully saturated rings. The Morgan fingerprint density at radius 1 is 1.24 bits per heavy atom. The van der Waals surface area contributed by atoms with Gasteiger partial charge in [-0.2, -0.15) is 0 Å². The number of nitrogens with zero attached hydrogens (tertiary/aromatic N) is 2. The van der Waals surface area contributed by atoms with E-state index in [1.165, 1.54) is 0 Å². The van der Waals surface area contributed by atoms with Crippen LogP contribution in [-0.4, -0.2) is 42.1 Å². The zero-order valence-corrected chi connectivity index (χ0v) is 11.7. The van der Waals surface area contributed by atoms with Crippen molar-refractivity contribution in [2.75, 3.05) is 20.2 Å². The first-order valence-corrected chi connectivity index (χ1v) is 6.77. The summed E-state index contributed by atoms with van der Waals surface area (Å²) >= 11 is 0. The largest absolute Gasteiger partial charge is 0.497 e. The quantitative estimate of drug-likeness (QED) is 0.861. The first-order valence-electron chi connectivity index (χ1n) is 6.77. The van der Waals surface area contributed by atoms with E-state index in [2.05, 4.69) is 4.98 Å². The number of ether oxygens (including phenoxy) is 2. The van der Waals surface area contributed by atoms with Gasteiger partial charge in [0.1, 0.15) is 11.9 Å². The lowest BCUT2D eigenvalue weighted by atomic mass is 10.1. The Hall–Kier alpha value is -2.56. The van der Waals surface area contributed by atoms with Gasteiger partial charge in [-0.15, -0.1) is 0 Å². The van der Waals surface area contributed by atoms with Crippen LogP contribution < -0.4 is 9.47 Å². The Kier molecular flexibility index (Phi) is 3.73. The van der Waals surface area contributed by atoms with Crippen LogP contribution in [-0.2, 0) is 0 Å². The summed E-state index contributed by atoms with van der Waals surface area (Å²) in [6.45, 7) is 1.15. The third-order valence-electron chi connectivity index (χ3n) is 3.38.